The number of hydrogen-bond donors (Lipinski definition) is 2. The number of alkyl halides is 3. The molecular formula is C21H20F3NO3. The number of aromatic hydroxyl groups is 1. The first-order chi connectivity index (χ1) is 13.2. The zero-order chi connectivity index (χ0) is 20.1. The highest BCUT2D eigenvalue weighted by Gasteiger charge is 2.50. The molecule has 2 aliphatic rings. The Morgan fingerprint density at radius 2 is 1.93 bits per heavy atom. The van der Waals surface area contributed by atoms with E-state index in [1.165, 1.54) is 12.1 Å². The van der Waals surface area contributed by atoms with Crippen molar-refractivity contribution in [1.82, 2.24) is 4.90 Å². The van der Waals surface area contributed by atoms with Crippen molar-refractivity contribution in [2.75, 3.05) is 6.54 Å². The summed E-state index contributed by atoms with van der Waals surface area (Å²) in [6, 6.07) is 9.77. The molecule has 1 aliphatic heterocycles. The second-order valence-corrected chi connectivity index (χ2v) is 7.73. The molecule has 2 aromatic carbocycles. The molecule has 0 saturated heterocycles. The Kier molecular flexibility index (Phi) is 4.38. The molecule has 2 N–H and O–H groups in total. The molecule has 0 radical (unpaired) electrons. The molecule has 2 aromatic rings. The van der Waals surface area contributed by atoms with Crippen molar-refractivity contribution in [1.29, 1.82) is 0 Å². The van der Waals surface area contributed by atoms with Crippen LogP contribution in [-0.4, -0.2) is 33.7 Å². The first-order valence-electron chi connectivity index (χ1n) is 9.13. The van der Waals surface area contributed by atoms with E-state index in [1.54, 1.807) is 23.1 Å². The monoisotopic (exact) mass is 391 g/mol. The van der Waals surface area contributed by atoms with Gasteiger partial charge in [-0.25, -0.2) is 0 Å². The van der Waals surface area contributed by atoms with E-state index in [2.05, 4.69) is 0 Å². The number of hydrogen-bond acceptors (Lipinski definition) is 3. The topological polar surface area (TPSA) is 60.8 Å². The molecule has 28 heavy (non-hydrogen) atoms. The number of rotatable bonds is 3. The van der Waals surface area contributed by atoms with Crippen molar-refractivity contribution in [3.05, 3.63) is 64.7 Å². The largest absolute Gasteiger partial charge is 0.508 e. The average Bonchev–Trinajstić information content (AvgIpc) is 3.41. The fourth-order valence-corrected chi connectivity index (χ4v) is 4.04. The first-order valence-corrected chi connectivity index (χ1v) is 9.13. The number of benzene rings is 2. The van der Waals surface area contributed by atoms with E-state index in [4.69, 9.17) is 0 Å². The van der Waals surface area contributed by atoms with Gasteiger partial charge in [0, 0.05) is 24.9 Å². The van der Waals surface area contributed by atoms with E-state index in [-0.39, 0.29) is 23.1 Å². The molecule has 1 spiro atoms. The fraction of sp³-hybridized carbons (Fsp3) is 0.381. The van der Waals surface area contributed by atoms with Crippen LogP contribution in [-0.2, 0) is 29.4 Å². The number of amides is 1. The maximum Gasteiger partial charge on any atom is 0.416 e. The highest BCUT2D eigenvalue weighted by Crippen LogP contribution is 2.53. The lowest BCUT2D eigenvalue weighted by Gasteiger charge is -2.36. The SMILES string of the molecule is O=C(C(O)Cc1cccc(C(F)(F)F)c1)N1Cc2ccc(O)cc2C2(CC2)C1. The minimum atomic E-state index is -4.47. The molecule has 1 heterocycles. The molecule has 4 nitrogen and oxygen atoms in total. The van der Waals surface area contributed by atoms with Crippen LogP contribution in [0.5, 0.6) is 5.75 Å². The van der Waals surface area contributed by atoms with Crippen LogP contribution in [0.3, 0.4) is 0 Å². The Bertz CT molecular complexity index is 921. The lowest BCUT2D eigenvalue weighted by molar-refractivity contribution is -0.141. The number of phenols is 1. The zero-order valence-electron chi connectivity index (χ0n) is 15.0. The van der Waals surface area contributed by atoms with E-state index in [9.17, 15) is 28.2 Å². The first kappa shape index (κ1) is 18.8. The molecule has 148 valence electrons. The summed E-state index contributed by atoms with van der Waals surface area (Å²) in [7, 11) is 0. The van der Waals surface area contributed by atoms with Crippen LogP contribution in [0.25, 0.3) is 0 Å². The van der Waals surface area contributed by atoms with E-state index in [1.807, 2.05) is 0 Å². The van der Waals surface area contributed by atoms with Crippen molar-refractivity contribution in [2.45, 2.75) is 43.5 Å². The van der Waals surface area contributed by atoms with Crippen LogP contribution >= 0.6 is 0 Å². The number of nitrogens with zero attached hydrogens (tertiary/aromatic N) is 1. The number of aliphatic hydroxyl groups is 1. The van der Waals surface area contributed by atoms with Gasteiger partial charge in [-0.3, -0.25) is 4.79 Å². The molecule has 7 heteroatoms. The van der Waals surface area contributed by atoms with Crippen LogP contribution in [0.4, 0.5) is 13.2 Å². The van der Waals surface area contributed by atoms with Crippen molar-refractivity contribution >= 4 is 5.91 Å². The number of aliphatic hydroxyl groups excluding tert-OH is 1. The molecule has 1 saturated carbocycles. The maximum absolute atomic E-state index is 12.9. The third-order valence-electron chi connectivity index (χ3n) is 5.65. The van der Waals surface area contributed by atoms with Crippen molar-refractivity contribution < 1.29 is 28.2 Å². The molecular weight excluding hydrogens is 371 g/mol. The van der Waals surface area contributed by atoms with Gasteiger partial charge in [0.1, 0.15) is 11.9 Å². The lowest BCUT2D eigenvalue weighted by atomic mass is 9.86. The molecule has 1 fully saturated rings. The second kappa shape index (κ2) is 6.51. The van der Waals surface area contributed by atoms with E-state index in [0.717, 1.165) is 36.1 Å². The number of phenolic OH excluding ortho intramolecular Hbond substituents is 1. The summed E-state index contributed by atoms with van der Waals surface area (Å²) in [5.41, 5.74) is 1.26. The summed E-state index contributed by atoms with van der Waals surface area (Å²) >= 11 is 0. The molecule has 1 atom stereocenters. The molecule has 4 rings (SSSR count). The third-order valence-corrected chi connectivity index (χ3v) is 5.65. The highest BCUT2D eigenvalue weighted by molar-refractivity contribution is 5.81. The summed E-state index contributed by atoms with van der Waals surface area (Å²) in [5, 5.41) is 20.1. The van der Waals surface area contributed by atoms with Crippen molar-refractivity contribution in [3.63, 3.8) is 0 Å². The van der Waals surface area contributed by atoms with Crippen LogP contribution in [0, 0.1) is 0 Å². The van der Waals surface area contributed by atoms with Gasteiger partial charge in [-0.05, 0) is 47.7 Å². The second-order valence-electron chi connectivity index (χ2n) is 7.73. The third kappa shape index (κ3) is 3.46. The van der Waals surface area contributed by atoms with Gasteiger partial charge >= 0.3 is 6.18 Å². The van der Waals surface area contributed by atoms with Gasteiger partial charge in [-0.2, -0.15) is 13.2 Å². The predicted molar refractivity (Wildman–Crippen MR) is 95.6 cm³/mol. The summed E-state index contributed by atoms with van der Waals surface area (Å²) in [6.45, 7) is 0.762. The van der Waals surface area contributed by atoms with Crippen LogP contribution in [0.2, 0.25) is 0 Å². The van der Waals surface area contributed by atoms with Gasteiger partial charge < -0.3 is 15.1 Å². The number of fused-ring (bicyclic) bond motifs is 2. The Morgan fingerprint density at radius 1 is 1.18 bits per heavy atom. The molecule has 1 unspecified atom stereocenters. The van der Waals surface area contributed by atoms with Gasteiger partial charge in [0.2, 0.25) is 0 Å². The van der Waals surface area contributed by atoms with Gasteiger partial charge in [0.15, 0.2) is 0 Å². The Labute approximate surface area is 160 Å². The summed E-state index contributed by atoms with van der Waals surface area (Å²) in [5.74, 6) is -0.295. The zero-order valence-corrected chi connectivity index (χ0v) is 15.0. The Hall–Kier alpha value is -2.54. The number of carbonyl (C=O) groups excluding carboxylic acids is 1. The van der Waals surface area contributed by atoms with Crippen LogP contribution in [0.1, 0.15) is 35.1 Å². The van der Waals surface area contributed by atoms with Crippen LogP contribution in [0.15, 0.2) is 42.5 Å². The number of halogens is 3. The van der Waals surface area contributed by atoms with E-state index < -0.39 is 23.8 Å². The van der Waals surface area contributed by atoms with Gasteiger partial charge in [0.05, 0.1) is 5.56 Å². The highest BCUT2D eigenvalue weighted by atomic mass is 19.4. The van der Waals surface area contributed by atoms with E-state index >= 15 is 0 Å². The molecule has 1 aliphatic carbocycles. The Balaban J connectivity index is 1.50. The summed E-state index contributed by atoms with van der Waals surface area (Å²) < 4.78 is 38.6. The molecule has 0 bridgehead atoms. The standard InChI is InChI=1S/C21H20F3NO3/c22-21(23,24)15-3-1-2-13(8-15)9-18(27)19(28)25-11-14-4-5-16(26)10-17(14)20(12-25)6-7-20/h1-5,8,10,18,26-27H,6-7,9,11-12H2. The predicted octanol–water partition coefficient (Wildman–Crippen LogP) is 3.39. The molecule has 1 amide bonds. The van der Waals surface area contributed by atoms with Gasteiger partial charge in [0.25, 0.3) is 5.91 Å². The quantitative estimate of drug-likeness (QED) is 0.843. The van der Waals surface area contributed by atoms with Gasteiger partial charge in [-0.15, -0.1) is 0 Å². The minimum Gasteiger partial charge on any atom is -0.508 e. The van der Waals surface area contributed by atoms with Gasteiger partial charge in [-0.1, -0.05) is 24.3 Å². The average molecular weight is 391 g/mol. The van der Waals surface area contributed by atoms with Crippen molar-refractivity contribution in [2.24, 2.45) is 0 Å². The van der Waals surface area contributed by atoms with Crippen molar-refractivity contribution in [3.8, 4) is 5.75 Å². The van der Waals surface area contributed by atoms with Crippen LogP contribution < -0.4 is 0 Å². The summed E-state index contributed by atoms with van der Waals surface area (Å²) in [4.78, 5) is 14.4. The maximum atomic E-state index is 12.9. The minimum absolute atomic E-state index is 0.172. The fourth-order valence-electron chi connectivity index (χ4n) is 4.04. The Morgan fingerprint density at radius 3 is 2.61 bits per heavy atom. The summed E-state index contributed by atoms with van der Waals surface area (Å²) in [6.07, 6.45) is -4.24. The molecule has 0 aromatic heterocycles. The number of carbonyl (C=O) groups is 1. The normalized spacial score (nSPS) is 18.6. The van der Waals surface area contributed by atoms with E-state index in [0.29, 0.717) is 13.1 Å². The lowest BCUT2D eigenvalue weighted by Crippen LogP contribution is -2.46. The smallest absolute Gasteiger partial charge is 0.416 e.